The van der Waals surface area contributed by atoms with Gasteiger partial charge in [0.15, 0.2) is 0 Å². The number of allylic oxidation sites excluding steroid dienone is 8. The Labute approximate surface area is 504 Å². The van der Waals surface area contributed by atoms with Crippen molar-refractivity contribution >= 4 is 41.4 Å². The van der Waals surface area contributed by atoms with Gasteiger partial charge in [0.2, 0.25) is 41.4 Å². The number of unbranched alkanes of at least 4 members (excludes halogenated alkanes) is 18. The molecule has 0 aromatic heterocycles. The van der Waals surface area contributed by atoms with Crippen LogP contribution in [0.4, 0.5) is 0 Å². The highest BCUT2D eigenvalue weighted by molar-refractivity contribution is 5.90. The van der Waals surface area contributed by atoms with E-state index in [9.17, 15) is 33.6 Å². The molecule has 83 heavy (non-hydrogen) atoms. The zero-order valence-corrected chi connectivity index (χ0v) is 53.3. The van der Waals surface area contributed by atoms with E-state index in [1.54, 1.807) is 0 Å². The Bertz CT molecular complexity index is 1770. The van der Waals surface area contributed by atoms with Crippen LogP contribution in [0.1, 0.15) is 232 Å². The predicted molar refractivity (Wildman–Crippen MR) is 342 cm³/mol. The Kier molecular flexibility index (Phi) is 55.4. The Morgan fingerprint density at radius 3 is 1.27 bits per heavy atom. The summed E-state index contributed by atoms with van der Waals surface area (Å²) >= 11 is 0. The number of rotatable bonds is 58. The van der Waals surface area contributed by atoms with Crippen molar-refractivity contribution in [1.29, 1.82) is 0 Å². The van der Waals surface area contributed by atoms with Crippen LogP contribution in [0.15, 0.2) is 48.6 Å². The fourth-order valence-electron chi connectivity index (χ4n) is 9.01. The second kappa shape index (κ2) is 58.9. The third-order valence-electron chi connectivity index (χ3n) is 14.0. The first kappa shape index (κ1) is 78.1. The molecular weight excluding hydrogens is 1050 g/mol. The van der Waals surface area contributed by atoms with Crippen LogP contribution in [0.3, 0.4) is 0 Å². The van der Waals surface area contributed by atoms with Crippen molar-refractivity contribution in [2.24, 2.45) is 0 Å². The van der Waals surface area contributed by atoms with Crippen LogP contribution in [0.5, 0.6) is 0 Å². The van der Waals surface area contributed by atoms with E-state index >= 15 is 0 Å². The summed E-state index contributed by atoms with van der Waals surface area (Å²) in [6.07, 6.45) is 49.3. The van der Waals surface area contributed by atoms with E-state index in [1.165, 1.54) is 83.5 Å². The van der Waals surface area contributed by atoms with Gasteiger partial charge in [-0.3, -0.25) is 33.6 Å². The molecule has 478 valence electrons. The van der Waals surface area contributed by atoms with Crippen LogP contribution in [0.2, 0.25) is 0 Å². The fraction of sp³-hybridized carbons (Fsp3) is 0.773. The van der Waals surface area contributed by atoms with Crippen LogP contribution in [0.25, 0.3) is 0 Å². The standard InChI is InChI=1S/C66H121N9O8/c1-7-9-11-13-15-17-19-21-23-25-27-29-31-33-35-37-49-67-61(77)48-47-59(65(81)70-50-38-36-34-32-30-28-26-24-22-20-18-16-14-12-10-8-2)73-63(79)46-42-55-83-56-52-69-64(80)57-71-66(82)58(72-62(78)45-41-54-75(5)6)43-39-51-68-60(76)44-40-53-74(3)4/h15-18,21-24,58-59H,7-14,19-20,25-57H2,1-6H3,(H,67,77)(H,68,76)(H,69,80)(H,70,81)(H,71,82)(H,72,78)(H,73,79)/b17-15-,18-16-,23-21-,24-22-. The maximum absolute atomic E-state index is 13.4. The Balaban J connectivity index is 4.87. The van der Waals surface area contributed by atoms with Gasteiger partial charge >= 0.3 is 0 Å². The third kappa shape index (κ3) is 56.1. The van der Waals surface area contributed by atoms with Gasteiger partial charge in [0.1, 0.15) is 12.1 Å². The van der Waals surface area contributed by atoms with Crippen LogP contribution < -0.4 is 37.2 Å². The molecule has 0 aromatic carbocycles. The van der Waals surface area contributed by atoms with Crippen molar-refractivity contribution in [2.75, 3.05) is 87.2 Å². The normalized spacial score (nSPS) is 12.4. The zero-order chi connectivity index (χ0) is 61.1. The largest absolute Gasteiger partial charge is 0.380 e. The Hall–Kier alpha value is -4.87. The average molecular weight is 1170 g/mol. The van der Waals surface area contributed by atoms with Gasteiger partial charge in [-0.1, -0.05) is 140 Å². The van der Waals surface area contributed by atoms with Crippen molar-refractivity contribution in [2.45, 2.75) is 244 Å². The second-order valence-electron chi connectivity index (χ2n) is 22.7. The molecule has 0 spiro atoms. The number of carbonyl (C=O) groups excluding carboxylic acids is 7. The predicted octanol–water partition coefficient (Wildman–Crippen LogP) is 10.2. The Morgan fingerprint density at radius 1 is 0.361 bits per heavy atom. The van der Waals surface area contributed by atoms with Gasteiger partial charge in [0.05, 0.1) is 13.2 Å². The van der Waals surface area contributed by atoms with E-state index in [-0.39, 0.29) is 87.9 Å². The molecule has 0 rings (SSSR count). The number of nitrogens with one attached hydrogen (secondary N) is 7. The molecule has 0 saturated carbocycles. The molecule has 17 heteroatoms. The summed E-state index contributed by atoms with van der Waals surface area (Å²) in [6.45, 7) is 7.76. The minimum Gasteiger partial charge on any atom is -0.380 e. The van der Waals surface area contributed by atoms with Crippen LogP contribution in [-0.4, -0.2) is 150 Å². The summed E-state index contributed by atoms with van der Waals surface area (Å²) in [4.78, 5) is 94.2. The number of hydrogen-bond donors (Lipinski definition) is 7. The quantitative estimate of drug-likeness (QED) is 0.0226. The fourth-order valence-corrected chi connectivity index (χ4v) is 9.01. The highest BCUT2D eigenvalue weighted by atomic mass is 16.5. The number of amides is 7. The topological polar surface area (TPSA) is 219 Å². The number of nitrogens with zero attached hydrogens (tertiary/aromatic N) is 2. The lowest BCUT2D eigenvalue weighted by molar-refractivity contribution is -0.130. The average Bonchev–Trinajstić information content (AvgIpc) is 3.48. The summed E-state index contributed by atoms with van der Waals surface area (Å²) in [6, 6.07) is -1.71. The molecule has 0 saturated heterocycles. The van der Waals surface area contributed by atoms with Gasteiger partial charge in [-0.2, -0.15) is 0 Å². The van der Waals surface area contributed by atoms with Crippen molar-refractivity contribution in [3.8, 4) is 0 Å². The maximum atomic E-state index is 13.4. The third-order valence-corrected chi connectivity index (χ3v) is 14.0. The lowest BCUT2D eigenvalue weighted by Gasteiger charge is -2.19. The highest BCUT2D eigenvalue weighted by Gasteiger charge is 2.23. The summed E-state index contributed by atoms with van der Waals surface area (Å²) in [5.74, 6) is -1.96. The molecule has 0 bridgehead atoms. The molecule has 0 aromatic rings. The first-order valence-corrected chi connectivity index (χ1v) is 32.7. The van der Waals surface area contributed by atoms with E-state index in [4.69, 9.17) is 4.74 Å². The van der Waals surface area contributed by atoms with Crippen LogP contribution >= 0.6 is 0 Å². The number of hydrogen-bond acceptors (Lipinski definition) is 10. The minimum absolute atomic E-state index is 0.0628. The zero-order valence-electron chi connectivity index (χ0n) is 53.3. The van der Waals surface area contributed by atoms with Crippen molar-refractivity contribution < 1.29 is 38.3 Å². The van der Waals surface area contributed by atoms with E-state index in [2.05, 4.69) is 99.7 Å². The molecule has 0 fully saturated rings. The van der Waals surface area contributed by atoms with Gasteiger partial charge in [-0.05, 0) is 157 Å². The number of carbonyl (C=O) groups is 7. The van der Waals surface area contributed by atoms with Crippen molar-refractivity contribution in [3.05, 3.63) is 48.6 Å². The molecule has 0 aliphatic heterocycles. The molecule has 0 heterocycles. The molecule has 7 N–H and O–H groups in total. The first-order valence-electron chi connectivity index (χ1n) is 32.7. The summed E-state index contributed by atoms with van der Waals surface area (Å²) in [5.41, 5.74) is 0. The SMILES string of the molecule is CCCCC/C=C\C/C=C\CCCCCCCCNC(=O)CCC(NC(=O)CCCOCCNC(=O)CNC(=O)C(CCCNC(=O)CCCN(C)C)NC(=O)CCCN(C)C)C(=O)NCCCCCCCC/C=C\C/C=C\CCCCC. The lowest BCUT2D eigenvalue weighted by atomic mass is 10.1. The smallest absolute Gasteiger partial charge is 0.243 e. The minimum atomic E-state index is -0.864. The van der Waals surface area contributed by atoms with E-state index in [0.717, 1.165) is 90.1 Å². The van der Waals surface area contributed by atoms with E-state index < -0.39 is 23.9 Å². The van der Waals surface area contributed by atoms with Gasteiger partial charge in [0.25, 0.3) is 0 Å². The maximum Gasteiger partial charge on any atom is 0.243 e. The highest BCUT2D eigenvalue weighted by Crippen LogP contribution is 2.11. The first-order chi connectivity index (χ1) is 40.3. The molecule has 0 aliphatic rings. The summed E-state index contributed by atoms with van der Waals surface area (Å²) < 4.78 is 5.67. The van der Waals surface area contributed by atoms with Crippen molar-refractivity contribution in [1.82, 2.24) is 47.0 Å². The van der Waals surface area contributed by atoms with E-state index in [1.807, 2.05) is 38.0 Å². The Morgan fingerprint density at radius 2 is 0.759 bits per heavy atom. The van der Waals surface area contributed by atoms with Gasteiger partial charge in [-0.25, -0.2) is 0 Å². The van der Waals surface area contributed by atoms with Gasteiger partial charge < -0.3 is 51.8 Å². The summed E-state index contributed by atoms with van der Waals surface area (Å²) in [5, 5.41) is 19.9. The molecule has 0 radical (unpaired) electrons. The number of ether oxygens (including phenoxy) is 1. The monoisotopic (exact) mass is 1170 g/mol. The summed E-state index contributed by atoms with van der Waals surface area (Å²) in [7, 11) is 7.75. The molecule has 2 atom stereocenters. The molecular formula is C66H121N9O8. The van der Waals surface area contributed by atoms with Crippen LogP contribution in [-0.2, 0) is 38.3 Å². The molecule has 17 nitrogen and oxygen atoms in total. The molecule has 0 aliphatic carbocycles. The van der Waals surface area contributed by atoms with Crippen molar-refractivity contribution in [3.63, 3.8) is 0 Å². The molecule has 7 amide bonds. The lowest BCUT2D eigenvalue weighted by Crippen LogP contribution is -2.49. The van der Waals surface area contributed by atoms with E-state index in [0.29, 0.717) is 45.3 Å². The van der Waals surface area contributed by atoms with Crippen LogP contribution in [0, 0.1) is 0 Å². The van der Waals surface area contributed by atoms with Gasteiger partial charge in [0, 0.05) is 58.5 Å². The molecule has 2 unspecified atom stereocenters. The van der Waals surface area contributed by atoms with Gasteiger partial charge in [-0.15, -0.1) is 0 Å². The second-order valence-corrected chi connectivity index (χ2v) is 22.7.